The monoisotopic (exact) mass is 341 g/mol. The summed E-state index contributed by atoms with van der Waals surface area (Å²) in [6.45, 7) is 3.01. The fourth-order valence-corrected chi connectivity index (χ4v) is 2.82. The Morgan fingerprint density at radius 1 is 1.20 bits per heavy atom. The Kier molecular flexibility index (Phi) is 4.22. The van der Waals surface area contributed by atoms with Gasteiger partial charge in [-0.05, 0) is 37.6 Å². The molecule has 0 saturated carbocycles. The van der Waals surface area contributed by atoms with E-state index in [-0.39, 0.29) is 41.6 Å². The van der Waals surface area contributed by atoms with Crippen molar-refractivity contribution in [1.29, 1.82) is 0 Å². The molecule has 7 nitrogen and oxygen atoms in total. The van der Waals surface area contributed by atoms with E-state index in [9.17, 15) is 19.7 Å². The standard InChI is InChI=1S/C18H15NO6/c1-10-7-13(3-5-14(10)19(22)23)17(21)16-12(8-11(2)20)4-6-15-18(16)25-9-24-15/h3-7H,8-9H2,1-2H3. The first-order valence-electron chi connectivity index (χ1n) is 7.59. The Hall–Kier alpha value is -3.22. The molecular formula is C18H15NO6. The van der Waals surface area contributed by atoms with Crippen molar-refractivity contribution in [1.82, 2.24) is 0 Å². The lowest BCUT2D eigenvalue weighted by atomic mass is 9.93. The van der Waals surface area contributed by atoms with E-state index in [2.05, 4.69) is 0 Å². The molecule has 3 rings (SSSR count). The fourth-order valence-electron chi connectivity index (χ4n) is 2.82. The maximum atomic E-state index is 13.0. The fraction of sp³-hybridized carbons (Fsp3) is 0.222. The summed E-state index contributed by atoms with van der Waals surface area (Å²) in [5.74, 6) is 0.290. The molecule has 128 valence electrons. The molecule has 0 aliphatic carbocycles. The van der Waals surface area contributed by atoms with Gasteiger partial charge in [-0.15, -0.1) is 0 Å². The Morgan fingerprint density at radius 2 is 1.96 bits per heavy atom. The highest BCUT2D eigenvalue weighted by molar-refractivity contribution is 6.13. The van der Waals surface area contributed by atoms with Crippen LogP contribution in [0.5, 0.6) is 11.5 Å². The molecule has 0 unspecified atom stereocenters. The minimum absolute atomic E-state index is 0.00156. The summed E-state index contributed by atoms with van der Waals surface area (Å²) in [5, 5.41) is 10.9. The van der Waals surface area contributed by atoms with Gasteiger partial charge in [0.25, 0.3) is 5.69 Å². The van der Waals surface area contributed by atoms with Crippen LogP contribution in [0.2, 0.25) is 0 Å². The summed E-state index contributed by atoms with van der Waals surface area (Å²) in [4.78, 5) is 35.0. The van der Waals surface area contributed by atoms with E-state index in [1.54, 1.807) is 19.1 Å². The van der Waals surface area contributed by atoms with E-state index >= 15 is 0 Å². The minimum Gasteiger partial charge on any atom is -0.454 e. The minimum atomic E-state index is -0.498. The van der Waals surface area contributed by atoms with E-state index in [4.69, 9.17) is 9.47 Å². The Morgan fingerprint density at radius 3 is 2.60 bits per heavy atom. The molecule has 1 aliphatic heterocycles. The molecule has 0 N–H and O–H groups in total. The van der Waals surface area contributed by atoms with Crippen molar-refractivity contribution in [3.8, 4) is 11.5 Å². The molecule has 7 heteroatoms. The number of nitro benzene ring substituents is 1. The number of ketones is 2. The second-order valence-corrected chi connectivity index (χ2v) is 5.80. The van der Waals surface area contributed by atoms with E-state index in [1.165, 1.54) is 25.1 Å². The molecule has 0 aromatic heterocycles. The average molecular weight is 341 g/mol. The highest BCUT2D eigenvalue weighted by atomic mass is 16.7. The molecule has 0 spiro atoms. The maximum Gasteiger partial charge on any atom is 0.272 e. The zero-order valence-corrected chi connectivity index (χ0v) is 13.7. The molecule has 2 aromatic rings. The number of fused-ring (bicyclic) bond motifs is 1. The van der Waals surface area contributed by atoms with E-state index in [0.29, 0.717) is 22.6 Å². The van der Waals surface area contributed by atoms with Gasteiger partial charge in [0.15, 0.2) is 17.3 Å². The third-order valence-electron chi connectivity index (χ3n) is 3.95. The van der Waals surface area contributed by atoms with Crippen molar-refractivity contribution in [2.45, 2.75) is 20.3 Å². The number of ether oxygens (including phenoxy) is 2. The molecule has 2 aromatic carbocycles. The van der Waals surface area contributed by atoms with Crippen LogP contribution in [-0.2, 0) is 11.2 Å². The Balaban J connectivity index is 2.10. The zero-order chi connectivity index (χ0) is 18.1. The lowest BCUT2D eigenvalue weighted by molar-refractivity contribution is -0.385. The molecule has 0 saturated heterocycles. The zero-order valence-electron chi connectivity index (χ0n) is 13.7. The predicted octanol–water partition coefficient (Wildman–Crippen LogP) is 2.99. The van der Waals surface area contributed by atoms with Crippen LogP contribution in [0.1, 0.15) is 34.0 Å². The summed E-state index contributed by atoms with van der Waals surface area (Å²) in [6.07, 6.45) is 0.0870. The maximum absolute atomic E-state index is 13.0. The van der Waals surface area contributed by atoms with Crippen molar-refractivity contribution in [2.75, 3.05) is 6.79 Å². The van der Waals surface area contributed by atoms with Crippen LogP contribution in [-0.4, -0.2) is 23.3 Å². The Labute approximate surface area is 143 Å². The lowest BCUT2D eigenvalue weighted by Gasteiger charge is -2.11. The van der Waals surface area contributed by atoms with Gasteiger partial charge in [0, 0.05) is 23.6 Å². The van der Waals surface area contributed by atoms with Gasteiger partial charge in [0.2, 0.25) is 6.79 Å². The van der Waals surface area contributed by atoms with Gasteiger partial charge in [0.1, 0.15) is 5.78 Å². The van der Waals surface area contributed by atoms with E-state index in [1.807, 2.05) is 0 Å². The molecule has 0 radical (unpaired) electrons. The molecule has 1 aliphatic rings. The van der Waals surface area contributed by atoms with Crippen molar-refractivity contribution in [2.24, 2.45) is 0 Å². The molecule has 0 bridgehead atoms. The molecule has 0 atom stereocenters. The Bertz CT molecular complexity index is 903. The second-order valence-electron chi connectivity index (χ2n) is 5.80. The van der Waals surface area contributed by atoms with Crippen molar-refractivity contribution < 1.29 is 24.0 Å². The number of hydrogen-bond acceptors (Lipinski definition) is 6. The van der Waals surface area contributed by atoms with Gasteiger partial charge < -0.3 is 9.47 Å². The number of hydrogen-bond donors (Lipinski definition) is 0. The van der Waals surface area contributed by atoms with Crippen molar-refractivity contribution in [3.05, 3.63) is 62.7 Å². The quantitative estimate of drug-likeness (QED) is 0.471. The van der Waals surface area contributed by atoms with Crippen LogP contribution in [0.3, 0.4) is 0 Å². The number of Topliss-reactive ketones (excluding diaryl/α,β-unsaturated/α-hetero) is 1. The molecular weight excluding hydrogens is 326 g/mol. The third kappa shape index (κ3) is 3.08. The lowest BCUT2D eigenvalue weighted by Crippen LogP contribution is -2.10. The predicted molar refractivity (Wildman–Crippen MR) is 88.2 cm³/mol. The topological polar surface area (TPSA) is 95.7 Å². The van der Waals surface area contributed by atoms with Gasteiger partial charge in [-0.1, -0.05) is 6.07 Å². The van der Waals surface area contributed by atoms with Gasteiger partial charge in [-0.3, -0.25) is 19.7 Å². The number of benzene rings is 2. The van der Waals surface area contributed by atoms with Crippen molar-refractivity contribution >= 4 is 17.3 Å². The first-order valence-corrected chi connectivity index (χ1v) is 7.59. The van der Waals surface area contributed by atoms with Crippen LogP contribution < -0.4 is 9.47 Å². The second kappa shape index (κ2) is 6.35. The van der Waals surface area contributed by atoms with Crippen molar-refractivity contribution in [3.63, 3.8) is 0 Å². The first-order chi connectivity index (χ1) is 11.9. The largest absolute Gasteiger partial charge is 0.454 e. The number of nitrogens with zero attached hydrogens (tertiary/aromatic N) is 1. The molecule has 0 amide bonds. The average Bonchev–Trinajstić information content (AvgIpc) is 3.01. The van der Waals surface area contributed by atoms with E-state index in [0.717, 1.165) is 0 Å². The number of nitro groups is 1. The summed E-state index contributed by atoms with van der Waals surface area (Å²) >= 11 is 0. The molecule has 0 fully saturated rings. The summed E-state index contributed by atoms with van der Waals surface area (Å²) in [5.41, 5.74) is 1.42. The molecule has 25 heavy (non-hydrogen) atoms. The number of carbonyl (C=O) groups is 2. The number of rotatable bonds is 5. The number of carbonyl (C=O) groups excluding carboxylic acids is 2. The van der Waals surface area contributed by atoms with Crippen LogP contribution in [0, 0.1) is 17.0 Å². The van der Waals surface area contributed by atoms with Gasteiger partial charge in [0.05, 0.1) is 10.5 Å². The van der Waals surface area contributed by atoms with Crippen LogP contribution in [0.15, 0.2) is 30.3 Å². The van der Waals surface area contributed by atoms with E-state index < -0.39 is 4.92 Å². The summed E-state index contributed by atoms with van der Waals surface area (Å²) in [7, 11) is 0. The SMILES string of the molecule is CC(=O)Cc1ccc2c(c1C(=O)c1ccc([N+](=O)[O-])c(C)c1)OCO2. The van der Waals surface area contributed by atoms with Gasteiger partial charge >= 0.3 is 0 Å². The van der Waals surface area contributed by atoms with Gasteiger partial charge in [-0.2, -0.15) is 0 Å². The highest BCUT2D eigenvalue weighted by Crippen LogP contribution is 2.39. The normalized spacial score (nSPS) is 12.1. The third-order valence-corrected chi connectivity index (χ3v) is 3.95. The number of aryl methyl sites for hydroxylation is 1. The first kappa shape index (κ1) is 16.6. The van der Waals surface area contributed by atoms with Crippen LogP contribution in [0.25, 0.3) is 0 Å². The highest BCUT2D eigenvalue weighted by Gasteiger charge is 2.27. The smallest absolute Gasteiger partial charge is 0.272 e. The molecule has 1 heterocycles. The summed E-state index contributed by atoms with van der Waals surface area (Å²) in [6, 6.07) is 7.50. The summed E-state index contributed by atoms with van der Waals surface area (Å²) < 4.78 is 10.7. The van der Waals surface area contributed by atoms with Crippen LogP contribution in [0.4, 0.5) is 5.69 Å². The van der Waals surface area contributed by atoms with Gasteiger partial charge in [-0.25, -0.2) is 0 Å². The van der Waals surface area contributed by atoms with Crippen LogP contribution >= 0.6 is 0 Å².